The van der Waals surface area contributed by atoms with E-state index in [4.69, 9.17) is 0 Å². The Balaban J connectivity index is 2.03. The normalized spacial score (nSPS) is 11.4. The topological polar surface area (TPSA) is 78.5 Å². The molecule has 0 spiro atoms. The highest BCUT2D eigenvalue weighted by atomic mass is 127. The van der Waals surface area contributed by atoms with E-state index in [1.807, 2.05) is 25.1 Å². The highest BCUT2D eigenvalue weighted by molar-refractivity contribution is 14.1. The van der Waals surface area contributed by atoms with Gasteiger partial charge in [0.05, 0.1) is 11.4 Å². The van der Waals surface area contributed by atoms with Gasteiger partial charge >= 0.3 is 0 Å². The molecule has 2 N–H and O–H groups in total. The predicted molar refractivity (Wildman–Crippen MR) is 108 cm³/mol. The van der Waals surface area contributed by atoms with Crippen LogP contribution in [0.25, 0.3) is 0 Å². The highest BCUT2D eigenvalue weighted by Gasteiger charge is 2.17. The van der Waals surface area contributed by atoms with Gasteiger partial charge in [0.2, 0.25) is 15.9 Å². The van der Waals surface area contributed by atoms with Crippen LogP contribution in [0.2, 0.25) is 0 Å². The molecule has 0 fully saturated rings. The van der Waals surface area contributed by atoms with Gasteiger partial charge < -0.3 is 10.6 Å². The number of rotatable bonds is 6. The second kappa shape index (κ2) is 8.15. The summed E-state index contributed by atoms with van der Waals surface area (Å²) in [5.41, 5.74) is 2.38. The Bertz CT molecular complexity index is 882. The van der Waals surface area contributed by atoms with Gasteiger partial charge in [-0.25, -0.2) is 12.7 Å². The molecule has 0 radical (unpaired) electrons. The zero-order chi connectivity index (χ0) is 18.6. The summed E-state index contributed by atoms with van der Waals surface area (Å²) in [6.45, 7) is 2.06. The summed E-state index contributed by atoms with van der Waals surface area (Å²) in [7, 11) is -0.602. The molecule has 0 unspecified atom stereocenters. The summed E-state index contributed by atoms with van der Waals surface area (Å²) >= 11 is 2.23. The average molecular weight is 473 g/mol. The lowest BCUT2D eigenvalue weighted by Gasteiger charge is -2.13. The van der Waals surface area contributed by atoms with Crippen LogP contribution in [0, 0.1) is 10.5 Å². The number of carbonyl (C=O) groups is 1. The largest absolute Gasteiger partial charge is 0.376 e. The number of sulfonamides is 1. The van der Waals surface area contributed by atoms with Crippen molar-refractivity contribution in [3.8, 4) is 0 Å². The van der Waals surface area contributed by atoms with Gasteiger partial charge in [-0.05, 0) is 71.5 Å². The van der Waals surface area contributed by atoms with E-state index in [9.17, 15) is 13.2 Å². The van der Waals surface area contributed by atoms with Crippen LogP contribution in [0.1, 0.15) is 5.56 Å². The molecule has 134 valence electrons. The minimum atomic E-state index is -3.53. The molecule has 0 bridgehead atoms. The van der Waals surface area contributed by atoms with Crippen molar-refractivity contribution in [1.82, 2.24) is 4.31 Å². The number of hydrogen-bond acceptors (Lipinski definition) is 4. The lowest BCUT2D eigenvalue weighted by atomic mass is 10.2. The van der Waals surface area contributed by atoms with E-state index in [1.54, 1.807) is 12.1 Å². The highest BCUT2D eigenvalue weighted by Crippen LogP contribution is 2.19. The number of hydrogen-bond donors (Lipinski definition) is 2. The first-order chi connectivity index (χ1) is 11.7. The molecule has 0 heterocycles. The SMILES string of the molecule is Cc1cc(I)ccc1NCC(=O)Nc1cccc(S(=O)(=O)N(C)C)c1. The fourth-order valence-electron chi connectivity index (χ4n) is 2.15. The van der Waals surface area contributed by atoms with Gasteiger partial charge in [0.15, 0.2) is 0 Å². The van der Waals surface area contributed by atoms with Crippen molar-refractivity contribution >= 4 is 49.9 Å². The minimum absolute atomic E-state index is 0.0894. The molecule has 2 aromatic rings. The van der Waals surface area contributed by atoms with Crippen molar-refractivity contribution in [2.75, 3.05) is 31.3 Å². The predicted octanol–water partition coefficient (Wildman–Crippen LogP) is 2.90. The zero-order valence-corrected chi connectivity index (χ0v) is 17.2. The summed E-state index contributed by atoms with van der Waals surface area (Å²) in [6, 6.07) is 12.1. The van der Waals surface area contributed by atoms with Crippen molar-refractivity contribution in [3.05, 3.63) is 51.6 Å². The van der Waals surface area contributed by atoms with E-state index >= 15 is 0 Å². The molecule has 2 rings (SSSR count). The maximum Gasteiger partial charge on any atom is 0.243 e. The van der Waals surface area contributed by atoms with Gasteiger partial charge in [-0.15, -0.1) is 0 Å². The Morgan fingerprint density at radius 1 is 1.16 bits per heavy atom. The van der Waals surface area contributed by atoms with Gasteiger partial charge in [-0.2, -0.15) is 0 Å². The summed E-state index contributed by atoms with van der Waals surface area (Å²) in [5, 5.41) is 5.79. The van der Waals surface area contributed by atoms with Crippen LogP contribution >= 0.6 is 22.6 Å². The van der Waals surface area contributed by atoms with E-state index in [2.05, 4.69) is 33.2 Å². The fraction of sp³-hybridized carbons (Fsp3) is 0.235. The van der Waals surface area contributed by atoms with Gasteiger partial charge in [-0.3, -0.25) is 4.79 Å². The second-order valence-electron chi connectivity index (χ2n) is 5.68. The number of anilines is 2. The van der Waals surface area contributed by atoms with E-state index in [0.29, 0.717) is 5.69 Å². The second-order valence-corrected chi connectivity index (χ2v) is 9.07. The van der Waals surface area contributed by atoms with Crippen molar-refractivity contribution in [2.45, 2.75) is 11.8 Å². The quantitative estimate of drug-likeness (QED) is 0.633. The molecule has 0 saturated carbocycles. The molecule has 0 aromatic heterocycles. The van der Waals surface area contributed by atoms with Gasteiger partial charge in [0.25, 0.3) is 0 Å². The molecule has 0 aliphatic heterocycles. The monoisotopic (exact) mass is 473 g/mol. The molecule has 2 aromatic carbocycles. The fourth-order valence-corrected chi connectivity index (χ4v) is 3.75. The average Bonchev–Trinajstić information content (AvgIpc) is 2.54. The molecule has 8 heteroatoms. The summed E-state index contributed by atoms with van der Waals surface area (Å²) in [5.74, 6) is -0.252. The maximum atomic E-state index is 12.1. The Hall–Kier alpha value is -1.65. The third-order valence-electron chi connectivity index (χ3n) is 3.52. The smallest absolute Gasteiger partial charge is 0.243 e. The van der Waals surface area contributed by atoms with Gasteiger partial charge in [0, 0.05) is 29.0 Å². The van der Waals surface area contributed by atoms with Crippen LogP contribution in [-0.4, -0.2) is 39.3 Å². The molecule has 6 nitrogen and oxygen atoms in total. The van der Waals surface area contributed by atoms with Crippen molar-refractivity contribution in [1.29, 1.82) is 0 Å². The molecule has 0 atom stereocenters. The van der Waals surface area contributed by atoms with Gasteiger partial charge in [-0.1, -0.05) is 6.07 Å². The Kier molecular flexibility index (Phi) is 6.42. The van der Waals surface area contributed by atoms with Crippen molar-refractivity contribution < 1.29 is 13.2 Å². The first-order valence-corrected chi connectivity index (χ1v) is 10.0. The first kappa shape index (κ1) is 19.7. The molecular formula is C17H20IN3O3S. The van der Waals surface area contributed by atoms with Crippen LogP contribution < -0.4 is 10.6 Å². The number of nitrogens with zero attached hydrogens (tertiary/aromatic N) is 1. The van der Waals surface area contributed by atoms with E-state index in [0.717, 1.165) is 19.1 Å². The number of benzene rings is 2. The third-order valence-corrected chi connectivity index (χ3v) is 6.01. The molecule has 0 aliphatic rings. The van der Waals surface area contributed by atoms with Crippen molar-refractivity contribution in [2.24, 2.45) is 0 Å². The minimum Gasteiger partial charge on any atom is -0.376 e. The molecule has 25 heavy (non-hydrogen) atoms. The summed E-state index contributed by atoms with van der Waals surface area (Å²) in [4.78, 5) is 12.3. The standard InChI is InChI=1S/C17H20IN3O3S/c1-12-9-13(18)7-8-16(12)19-11-17(22)20-14-5-4-6-15(10-14)25(23,24)21(2)3/h4-10,19H,11H2,1-3H3,(H,20,22). The number of amides is 1. The lowest BCUT2D eigenvalue weighted by molar-refractivity contribution is -0.114. The molecule has 0 aliphatic carbocycles. The summed E-state index contributed by atoms with van der Waals surface area (Å²) < 4.78 is 26.6. The Labute approximate surface area is 161 Å². The lowest BCUT2D eigenvalue weighted by Crippen LogP contribution is -2.24. The Morgan fingerprint density at radius 3 is 2.52 bits per heavy atom. The van der Waals surface area contributed by atoms with Crippen molar-refractivity contribution in [3.63, 3.8) is 0 Å². The number of carbonyl (C=O) groups excluding carboxylic acids is 1. The number of aryl methyl sites for hydroxylation is 1. The zero-order valence-electron chi connectivity index (χ0n) is 14.2. The summed E-state index contributed by atoms with van der Waals surface area (Å²) in [6.07, 6.45) is 0. The first-order valence-electron chi connectivity index (χ1n) is 7.52. The van der Waals surface area contributed by atoms with Crippen LogP contribution in [0.5, 0.6) is 0 Å². The molecule has 1 amide bonds. The van der Waals surface area contributed by atoms with Crippen LogP contribution in [0.15, 0.2) is 47.4 Å². The van der Waals surface area contributed by atoms with Crippen LogP contribution in [0.4, 0.5) is 11.4 Å². The third kappa shape index (κ3) is 5.16. The van der Waals surface area contributed by atoms with E-state index in [-0.39, 0.29) is 17.3 Å². The van der Waals surface area contributed by atoms with Crippen LogP contribution in [0.3, 0.4) is 0 Å². The number of halogens is 1. The molecular weight excluding hydrogens is 453 g/mol. The Morgan fingerprint density at radius 2 is 1.88 bits per heavy atom. The van der Waals surface area contributed by atoms with Gasteiger partial charge in [0.1, 0.15) is 0 Å². The van der Waals surface area contributed by atoms with E-state index < -0.39 is 10.0 Å². The maximum absolute atomic E-state index is 12.1. The molecule has 0 saturated heterocycles. The van der Waals surface area contributed by atoms with E-state index in [1.165, 1.54) is 26.2 Å². The van der Waals surface area contributed by atoms with Crippen LogP contribution in [-0.2, 0) is 14.8 Å². The number of nitrogens with one attached hydrogen (secondary N) is 2.